The standard InChI is InChI=1S/C7H10ClNO2/c8-4-1-2-6-5(3-4)7(10)9-11-6/h4-6H,1-3H2,(H,9,10). The zero-order chi connectivity index (χ0) is 7.84. The molecule has 3 nitrogen and oxygen atoms in total. The molecule has 1 N–H and O–H groups in total. The molecule has 0 aromatic rings. The summed E-state index contributed by atoms with van der Waals surface area (Å²) >= 11 is 5.91. The predicted molar refractivity (Wildman–Crippen MR) is 40.0 cm³/mol. The third-order valence-electron chi connectivity index (χ3n) is 2.37. The van der Waals surface area contributed by atoms with Gasteiger partial charge in [-0.15, -0.1) is 11.6 Å². The van der Waals surface area contributed by atoms with Crippen LogP contribution in [-0.2, 0) is 9.63 Å². The predicted octanol–water partition coefficient (Wildman–Crippen LogP) is 0.824. The molecule has 1 amide bonds. The SMILES string of the molecule is O=C1NOC2CCC(Cl)CC12. The number of alkyl halides is 1. The molecule has 1 saturated heterocycles. The highest BCUT2D eigenvalue weighted by Gasteiger charge is 2.40. The molecule has 3 atom stereocenters. The summed E-state index contributed by atoms with van der Waals surface area (Å²) in [5.41, 5.74) is 2.38. The van der Waals surface area contributed by atoms with Crippen molar-refractivity contribution in [2.24, 2.45) is 5.92 Å². The zero-order valence-corrected chi connectivity index (χ0v) is 6.80. The van der Waals surface area contributed by atoms with E-state index in [0.717, 1.165) is 19.3 Å². The van der Waals surface area contributed by atoms with Crippen molar-refractivity contribution in [3.63, 3.8) is 0 Å². The van der Waals surface area contributed by atoms with Gasteiger partial charge in [-0.3, -0.25) is 9.63 Å². The fourth-order valence-corrected chi connectivity index (χ4v) is 2.04. The van der Waals surface area contributed by atoms with Gasteiger partial charge in [0.1, 0.15) is 0 Å². The van der Waals surface area contributed by atoms with E-state index in [0.29, 0.717) is 0 Å². The van der Waals surface area contributed by atoms with Gasteiger partial charge in [0, 0.05) is 5.38 Å². The maximum atomic E-state index is 11.1. The summed E-state index contributed by atoms with van der Waals surface area (Å²) in [5.74, 6) is 0.00611. The minimum atomic E-state index is 0.000324. The van der Waals surface area contributed by atoms with E-state index in [1.165, 1.54) is 0 Å². The Morgan fingerprint density at radius 3 is 3.18 bits per heavy atom. The lowest BCUT2D eigenvalue weighted by Gasteiger charge is -2.23. The van der Waals surface area contributed by atoms with Gasteiger partial charge in [-0.25, -0.2) is 5.48 Å². The van der Waals surface area contributed by atoms with Crippen LogP contribution in [0.15, 0.2) is 0 Å². The normalized spacial score (nSPS) is 43.4. The van der Waals surface area contributed by atoms with Crippen LogP contribution in [0, 0.1) is 5.92 Å². The molecule has 62 valence electrons. The number of carbonyl (C=O) groups excluding carboxylic acids is 1. The molecule has 1 aliphatic carbocycles. The first-order valence-electron chi connectivity index (χ1n) is 3.87. The Morgan fingerprint density at radius 1 is 1.55 bits per heavy atom. The van der Waals surface area contributed by atoms with Crippen LogP contribution in [0.4, 0.5) is 0 Å². The second kappa shape index (κ2) is 2.64. The van der Waals surface area contributed by atoms with Crippen molar-refractivity contribution in [2.45, 2.75) is 30.7 Å². The molecule has 2 fully saturated rings. The van der Waals surface area contributed by atoms with Gasteiger partial charge in [-0.05, 0) is 19.3 Å². The molecule has 1 saturated carbocycles. The van der Waals surface area contributed by atoms with E-state index < -0.39 is 0 Å². The highest BCUT2D eigenvalue weighted by atomic mass is 35.5. The van der Waals surface area contributed by atoms with Crippen LogP contribution in [0.2, 0.25) is 0 Å². The van der Waals surface area contributed by atoms with Crippen molar-refractivity contribution >= 4 is 17.5 Å². The summed E-state index contributed by atoms with van der Waals surface area (Å²) in [6.07, 6.45) is 2.70. The maximum Gasteiger partial charge on any atom is 0.249 e. The molecule has 1 aliphatic heterocycles. The van der Waals surface area contributed by atoms with Crippen LogP contribution in [0.3, 0.4) is 0 Å². The van der Waals surface area contributed by atoms with Gasteiger partial charge in [-0.1, -0.05) is 0 Å². The Bertz CT molecular complexity index is 185. The molecular weight excluding hydrogens is 166 g/mol. The molecule has 2 rings (SSSR count). The van der Waals surface area contributed by atoms with Crippen LogP contribution >= 0.6 is 11.6 Å². The molecule has 4 heteroatoms. The van der Waals surface area contributed by atoms with E-state index >= 15 is 0 Å². The van der Waals surface area contributed by atoms with Crippen LogP contribution in [0.25, 0.3) is 0 Å². The Hall–Kier alpha value is -0.280. The fourth-order valence-electron chi connectivity index (χ4n) is 1.72. The molecule has 0 spiro atoms. The van der Waals surface area contributed by atoms with Crippen molar-refractivity contribution in [2.75, 3.05) is 0 Å². The zero-order valence-electron chi connectivity index (χ0n) is 6.05. The molecule has 0 aromatic heterocycles. The number of carbonyl (C=O) groups is 1. The van der Waals surface area contributed by atoms with Gasteiger partial charge in [0.2, 0.25) is 5.91 Å². The second-order valence-corrected chi connectivity index (χ2v) is 3.76. The lowest BCUT2D eigenvalue weighted by molar-refractivity contribution is -0.126. The molecule has 0 aromatic carbocycles. The maximum absolute atomic E-state index is 11.1. The number of amides is 1. The number of halogens is 1. The minimum Gasteiger partial charge on any atom is -0.272 e. The summed E-state index contributed by atoms with van der Waals surface area (Å²) in [7, 11) is 0. The number of hydroxylamine groups is 1. The second-order valence-electron chi connectivity index (χ2n) is 3.14. The molecule has 3 unspecified atom stereocenters. The number of nitrogens with one attached hydrogen (secondary N) is 1. The van der Waals surface area contributed by atoms with Gasteiger partial charge in [0.05, 0.1) is 12.0 Å². The lowest BCUT2D eigenvalue weighted by Crippen LogP contribution is -2.29. The Morgan fingerprint density at radius 2 is 2.36 bits per heavy atom. The largest absolute Gasteiger partial charge is 0.272 e. The van der Waals surface area contributed by atoms with Crippen LogP contribution < -0.4 is 5.48 Å². The lowest BCUT2D eigenvalue weighted by atomic mass is 9.86. The molecule has 11 heavy (non-hydrogen) atoms. The first-order valence-corrected chi connectivity index (χ1v) is 4.30. The summed E-state index contributed by atoms with van der Waals surface area (Å²) in [4.78, 5) is 16.1. The van der Waals surface area contributed by atoms with Gasteiger partial charge in [0.15, 0.2) is 0 Å². The molecule has 2 aliphatic rings. The van der Waals surface area contributed by atoms with Crippen LogP contribution in [0.1, 0.15) is 19.3 Å². The van der Waals surface area contributed by atoms with Crippen molar-refractivity contribution < 1.29 is 9.63 Å². The highest BCUT2D eigenvalue weighted by molar-refractivity contribution is 6.20. The molecule has 0 bridgehead atoms. The van der Waals surface area contributed by atoms with E-state index in [-0.39, 0.29) is 23.3 Å². The third kappa shape index (κ3) is 1.23. The summed E-state index contributed by atoms with van der Waals surface area (Å²) in [5, 5.41) is 0.156. The molecule has 0 radical (unpaired) electrons. The minimum absolute atomic E-state index is 0.000324. The van der Waals surface area contributed by atoms with E-state index in [2.05, 4.69) is 5.48 Å². The van der Waals surface area contributed by atoms with Crippen molar-refractivity contribution in [1.82, 2.24) is 5.48 Å². The topological polar surface area (TPSA) is 38.3 Å². The van der Waals surface area contributed by atoms with Gasteiger partial charge in [-0.2, -0.15) is 0 Å². The van der Waals surface area contributed by atoms with E-state index in [1.54, 1.807) is 0 Å². The summed E-state index contributed by atoms with van der Waals surface area (Å²) < 4.78 is 0. The smallest absolute Gasteiger partial charge is 0.249 e. The Labute approximate surface area is 70.0 Å². The van der Waals surface area contributed by atoms with E-state index in [9.17, 15) is 4.79 Å². The fraction of sp³-hybridized carbons (Fsp3) is 0.857. The van der Waals surface area contributed by atoms with Gasteiger partial charge in [0.25, 0.3) is 0 Å². The Balaban J connectivity index is 2.07. The first-order chi connectivity index (χ1) is 5.27. The highest BCUT2D eigenvalue weighted by Crippen LogP contribution is 2.32. The van der Waals surface area contributed by atoms with Crippen LogP contribution in [0.5, 0.6) is 0 Å². The number of fused-ring (bicyclic) bond motifs is 1. The van der Waals surface area contributed by atoms with Gasteiger partial charge < -0.3 is 0 Å². The first kappa shape index (κ1) is 7.37. The van der Waals surface area contributed by atoms with Crippen LogP contribution in [-0.4, -0.2) is 17.4 Å². The monoisotopic (exact) mass is 175 g/mol. The number of rotatable bonds is 0. The Kier molecular flexibility index (Phi) is 1.77. The van der Waals surface area contributed by atoms with Crippen molar-refractivity contribution in [3.8, 4) is 0 Å². The number of hydrogen-bond acceptors (Lipinski definition) is 2. The third-order valence-corrected chi connectivity index (χ3v) is 2.77. The molecular formula is C7H10ClNO2. The van der Waals surface area contributed by atoms with Crippen molar-refractivity contribution in [3.05, 3.63) is 0 Å². The molecule has 1 heterocycles. The summed E-state index contributed by atoms with van der Waals surface area (Å²) in [6.45, 7) is 0. The summed E-state index contributed by atoms with van der Waals surface area (Å²) in [6, 6.07) is 0. The van der Waals surface area contributed by atoms with Crippen molar-refractivity contribution in [1.29, 1.82) is 0 Å². The van der Waals surface area contributed by atoms with Gasteiger partial charge >= 0.3 is 0 Å². The average molecular weight is 176 g/mol. The van der Waals surface area contributed by atoms with E-state index in [4.69, 9.17) is 16.4 Å². The average Bonchev–Trinajstić information content (AvgIpc) is 2.33. The van der Waals surface area contributed by atoms with E-state index in [1.807, 2.05) is 0 Å². The number of hydrogen-bond donors (Lipinski definition) is 1. The quantitative estimate of drug-likeness (QED) is 0.554.